The zero-order chi connectivity index (χ0) is 26.0. The van der Waals surface area contributed by atoms with E-state index in [0.29, 0.717) is 35.9 Å². The van der Waals surface area contributed by atoms with Crippen LogP contribution in [-0.2, 0) is 9.53 Å². The molecule has 4 rings (SSSR count). The third-order valence-corrected chi connectivity index (χ3v) is 6.77. The molecule has 0 spiro atoms. The Bertz CT molecular complexity index is 1130. The van der Waals surface area contributed by atoms with Gasteiger partial charge >= 0.3 is 0 Å². The largest absolute Gasteiger partial charge is 0.491 e. The number of benzene rings is 1. The number of aromatic nitrogens is 1. The van der Waals surface area contributed by atoms with E-state index in [-0.39, 0.29) is 48.1 Å². The minimum absolute atomic E-state index is 0.00540. The monoisotopic (exact) mass is 498 g/mol. The van der Waals surface area contributed by atoms with Crippen molar-refractivity contribution in [2.45, 2.75) is 45.8 Å². The third kappa shape index (κ3) is 5.70. The number of hydrogen-bond acceptors (Lipinski definition) is 7. The molecule has 3 amide bonds. The van der Waals surface area contributed by atoms with Gasteiger partial charge in [-0.05, 0) is 44.9 Å². The average Bonchev–Trinajstić information content (AvgIpc) is 3.62. The maximum Gasteiger partial charge on any atom is 0.277 e. The van der Waals surface area contributed by atoms with E-state index in [9.17, 15) is 14.4 Å². The topological polar surface area (TPSA) is 114 Å². The van der Waals surface area contributed by atoms with Crippen LogP contribution in [0.1, 0.15) is 53.3 Å². The standard InChI is InChI=1S/C26H34N4O6/c1-15-12-30(25(32)18-6-7-18)16(2)14-35-22-9-8-19(27-24(31)21-10-17(3)36-28-21)11-20(22)26(33)29(4)13-23(15)34-5/h8-11,15-16,18,23H,6-7,12-14H2,1-5H3,(H,27,31)/t15-,16+,23-/m1/s1. The van der Waals surface area contributed by atoms with Gasteiger partial charge in [0.2, 0.25) is 5.91 Å². The van der Waals surface area contributed by atoms with Gasteiger partial charge in [-0.3, -0.25) is 14.4 Å². The summed E-state index contributed by atoms with van der Waals surface area (Å²) in [4.78, 5) is 42.6. The van der Waals surface area contributed by atoms with Crippen LogP contribution in [0, 0.1) is 18.8 Å². The molecule has 2 heterocycles. The number of rotatable bonds is 4. The Morgan fingerprint density at radius 2 is 1.92 bits per heavy atom. The minimum atomic E-state index is -0.446. The molecular formula is C26H34N4O6. The van der Waals surface area contributed by atoms with Crippen molar-refractivity contribution in [3.63, 3.8) is 0 Å². The molecule has 0 bridgehead atoms. The fourth-order valence-electron chi connectivity index (χ4n) is 4.39. The predicted molar refractivity (Wildman–Crippen MR) is 132 cm³/mol. The molecule has 1 aliphatic heterocycles. The summed E-state index contributed by atoms with van der Waals surface area (Å²) in [6.07, 6.45) is 1.59. The smallest absolute Gasteiger partial charge is 0.277 e. The molecule has 2 aliphatic rings. The number of aryl methyl sites for hydroxylation is 1. The molecule has 0 radical (unpaired) electrons. The van der Waals surface area contributed by atoms with E-state index in [1.54, 1.807) is 44.2 Å². The molecule has 1 saturated carbocycles. The first-order chi connectivity index (χ1) is 17.2. The van der Waals surface area contributed by atoms with Gasteiger partial charge in [0, 0.05) is 50.8 Å². The lowest BCUT2D eigenvalue weighted by Crippen LogP contribution is -2.49. The Kier molecular flexibility index (Phi) is 7.63. The number of hydrogen-bond donors (Lipinski definition) is 1. The van der Waals surface area contributed by atoms with Crippen molar-refractivity contribution in [1.29, 1.82) is 0 Å². The van der Waals surface area contributed by atoms with Crippen molar-refractivity contribution in [2.24, 2.45) is 11.8 Å². The Morgan fingerprint density at radius 1 is 1.17 bits per heavy atom. The highest BCUT2D eigenvalue weighted by Crippen LogP contribution is 2.33. The van der Waals surface area contributed by atoms with E-state index in [2.05, 4.69) is 10.5 Å². The van der Waals surface area contributed by atoms with Crippen molar-refractivity contribution in [1.82, 2.24) is 15.0 Å². The number of nitrogens with one attached hydrogen (secondary N) is 1. The van der Waals surface area contributed by atoms with Crippen LogP contribution in [-0.4, -0.2) is 78.7 Å². The lowest BCUT2D eigenvalue weighted by atomic mass is 10.0. The van der Waals surface area contributed by atoms with Gasteiger partial charge < -0.3 is 29.1 Å². The highest BCUT2D eigenvalue weighted by molar-refractivity contribution is 6.04. The summed E-state index contributed by atoms with van der Waals surface area (Å²) in [7, 11) is 3.33. The molecule has 1 N–H and O–H groups in total. The average molecular weight is 499 g/mol. The van der Waals surface area contributed by atoms with E-state index in [1.807, 2.05) is 18.7 Å². The zero-order valence-corrected chi connectivity index (χ0v) is 21.4. The first kappa shape index (κ1) is 25.7. The first-order valence-electron chi connectivity index (χ1n) is 12.3. The summed E-state index contributed by atoms with van der Waals surface area (Å²) in [5.41, 5.74) is 0.875. The predicted octanol–water partition coefficient (Wildman–Crippen LogP) is 2.98. The molecule has 2 aromatic rings. The molecule has 0 unspecified atom stereocenters. The lowest BCUT2D eigenvalue weighted by Gasteiger charge is -2.36. The van der Waals surface area contributed by atoms with Gasteiger partial charge in [0.15, 0.2) is 5.69 Å². The molecular weight excluding hydrogens is 464 g/mol. The van der Waals surface area contributed by atoms with E-state index in [0.717, 1.165) is 12.8 Å². The SMILES string of the molecule is CO[C@@H]1CN(C)C(=O)c2cc(NC(=O)c3cc(C)on3)ccc2OC[C@H](C)N(C(=O)C2CC2)C[C@H]1C. The van der Waals surface area contributed by atoms with Crippen molar-refractivity contribution < 1.29 is 28.4 Å². The number of carbonyl (C=O) groups is 3. The second-order valence-electron chi connectivity index (χ2n) is 9.85. The van der Waals surface area contributed by atoms with Gasteiger partial charge in [0.05, 0.1) is 17.7 Å². The fourth-order valence-corrected chi connectivity index (χ4v) is 4.39. The molecule has 3 atom stereocenters. The number of methoxy groups -OCH3 is 1. The van der Waals surface area contributed by atoms with Gasteiger partial charge in [0.25, 0.3) is 11.8 Å². The van der Waals surface area contributed by atoms with Crippen molar-refractivity contribution in [3.05, 3.63) is 41.3 Å². The Balaban J connectivity index is 1.63. The second kappa shape index (κ2) is 10.7. The van der Waals surface area contributed by atoms with Crippen molar-refractivity contribution >= 4 is 23.4 Å². The van der Waals surface area contributed by atoms with Gasteiger partial charge in [-0.2, -0.15) is 0 Å². The van der Waals surface area contributed by atoms with Crippen LogP contribution in [0.4, 0.5) is 5.69 Å². The van der Waals surface area contributed by atoms with E-state index in [4.69, 9.17) is 14.0 Å². The molecule has 1 aliphatic carbocycles. The second-order valence-corrected chi connectivity index (χ2v) is 9.85. The molecule has 10 nitrogen and oxygen atoms in total. The zero-order valence-electron chi connectivity index (χ0n) is 21.4. The summed E-state index contributed by atoms with van der Waals surface area (Å²) in [6, 6.07) is 6.27. The summed E-state index contributed by atoms with van der Waals surface area (Å²) < 4.78 is 16.8. The molecule has 10 heteroatoms. The number of anilines is 1. The molecule has 36 heavy (non-hydrogen) atoms. The molecule has 1 fully saturated rings. The van der Waals surface area contributed by atoms with Crippen LogP contribution in [0.2, 0.25) is 0 Å². The summed E-state index contributed by atoms with van der Waals surface area (Å²) in [6.45, 7) is 6.79. The first-order valence-corrected chi connectivity index (χ1v) is 12.3. The molecule has 0 saturated heterocycles. The molecule has 1 aromatic heterocycles. The Hall–Kier alpha value is -3.40. The van der Waals surface area contributed by atoms with E-state index >= 15 is 0 Å². The van der Waals surface area contributed by atoms with Crippen LogP contribution in [0.3, 0.4) is 0 Å². The third-order valence-electron chi connectivity index (χ3n) is 6.77. The molecule has 194 valence electrons. The highest BCUT2D eigenvalue weighted by Gasteiger charge is 2.37. The number of amides is 3. The van der Waals surface area contributed by atoms with E-state index < -0.39 is 5.91 Å². The Morgan fingerprint density at radius 3 is 2.56 bits per heavy atom. The summed E-state index contributed by atoms with van der Waals surface area (Å²) in [5.74, 6) is 0.444. The van der Waals surface area contributed by atoms with Crippen LogP contribution in [0.25, 0.3) is 0 Å². The summed E-state index contributed by atoms with van der Waals surface area (Å²) in [5, 5.41) is 6.49. The highest BCUT2D eigenvalue weighted by atomic mass is 16.5. The summed E-state index contributed by atoms with van der Waals surface area (Å²) >= 11 is 0. The van der Waals surface area contributed by atoms with E-state index in [1.165, 1.54) is 6.07 Å². The van der Waals surface area contributed by atoms with Crippen LogP contribution >= 0.6 is 0 Å². The molecule has 1 aromatic carbocycles. The maximum absolute atomic E-state index is 13.5. The van der Waals surface area contributed by atoms with Gasteiger partial charge in [-0.25, -0.2) is 0 Å². The van der Waals surface area contributed by atoms with Gasteiger partial charge in [-0.15, -0.1) is 0 Å². The maximum atomic E-state index is 13.5. The lowest BCUT2D eigenvalue weighted by molar-refractivity contribution is -0.136. The van der Waals surface area contributed by atoms with Crippen LogP contribution in [0.15, 0.2) is 28.8 Å². The number of ether oxygens (including phenoxy) is 2. The number of nitrogens with zero attached hydrogens (tertiary/aromatic N) is 3. The van der Waals surface area contributed by atoms with Crippen molar-refractivity contribution in [3.8, 4) is 5.75 Å². The minimum Gasteiger partial charge on any atom is -0.491 e. The van der Waals surface area contributed by atoms with Gasteiger partial charge in [0.1, 0.15) is 18.1 Å². The number of likely N-dealkylation sites (N-methyl/N-ethyl adjacent to an activating group) is 1. The quantitative estimate of drug-likeness (QED) is 0.689. The fraction of sp³-hybridized carbons (Fsp3) is 0.538. The van der Waals surface area contributed by atoms with Gasteiger partial charge in [-0.1, -0.05) is 12.1 Å². The van der Waals surface area contributed by atoms with Crippen LogP contribution in [0.5, 0.6) is 5.75 Å². The number of fused-ring (bicyclic) bond motifs is 1. The van der Waals surface area contributed by atoms with Crippen LogP contribution < -0.4 is 10.1 Å². The van der Waals surface area contributed by atoms with Crippen molar-refractivity contribution in [2.75, 3.05) is 39.2 Å². The normalized spacial score (nSPS) is 23.2. The Labute approximate surface area is 210 Å². The number of carbonyl (C=O) groups excluding carboxylic acids is 3.